The molecule has 1 fully saturated rings. The molecule has 1 aliphatic heterocycles. The molecule has 3 heteroatoms. The molecule has 1 aromatic rings. The van der Waals surface area contributed by atoms with E-state index in [1.807, 2.05) is 0 Å². The maximum absolute atomic E-state index is 13.1. The van der Waals surface area contributed by atoms with Crippen LogP contribution in [-0.2, 0) is 6.42 Å². The van der Waals surface area contributed by atoms with Gasteiger partial charge >= 0.3 is 0 Å². The van der Waals surface area contributed by atoms with Crippen LogP contribution in [0, 0.1) is 11.7 Å². The SMILES string of the molecule is Oc1c(F)cccc1CC1CCNCC1. The molecule has 0 bridgehead atoms. The Morgan fingerprint density at radius 2 is 2.07 bits per heavy atom. The fourth-order valence-electron chi connectivity index (χ4n) is 2.12. The van der Waals surface area contributed by atoms with Crippen molar-refractivity contribution in [2.75, 3.05) is 13.1 Å². The Morgan fingerprint density at radius 3 is 2.80 bits per heavy atom. The van der Waals surface area contributed by atoms with Crippen LogP contribution in [0.15, 0.2) is 18.2 Å². The van der Waals surface area contributed by atoms with Crippen LogP contribution < -0.4 is 5.32 Å². The standard InChI is InChI=1S/C12H16FNO/c13-11-3-1-2-10(12(11)15)8-9-4-6-14-7-5-9/h1-3,9,14-15H,4-8H2. The van der Waals surface area contributed by atoms with Gasteiger partial charge in [0.2, 0.25) is 0 Å². The second-order valence-corrected chi connectivity index (χ2v) is 4.15. The fourth-order valence-corrected chi connectivity index (χ4v) is 2.12. The van der Waals surface area contributed by atoms with Crippen LogP contribution in [0.25, 0.3) is 0 Å². The Bertz CT molecular complexity index is 334. The summed E-state index contributed by atoms with van der Waals surface area (Å²) in [6, 6.07) is 4.76. The molecule has 0 amide bonds. The molecule has 1 heterocycles. The summed E-state index contributed by atoms with van der Waals surface area (Å²) in [5, 5.41) is 12.8. The Hall–Kier alpha value is -1.09. The highest BCUT2D eigenvalue weighted by Gasteiger charge is 2.16. The van der Waals surface area contributed by atoms with Crippen molar-refractivity contribution >= 4 is 0 Å². The first-order valence-corrected chi connectivity index (χ1v) is 5.44. The third-order valence-corrected chi connectivity index (χ3v) is 3.04. The fraction of sp³-hybridized carbons (Fsp3) is 0.500. The van der Waals surface area contributed by atoms with Crippen LogP contribution in [0.3, 0.4) is 0 Å². The molecule has 1 aliphatic rings. The van der Waals surface area contributed by atoms with Crippen molar-refractivity contribution in [1.29, 1.82) is 0 Å². The molecule has 1 aromatic carbocycles. The lowest BCUT2D eigenvalue weighted by atomic mass is 9.90. The van der Waals surface area contributed by atoms with Crippen molar-refractivity contribution in [1.82, 2.24) is 5.32 Å². The second kappa shape index (κ2) is 4.62. The minimum atomic E-state index is -0.513. The Kier molecular flexibility index (Phi) is 3.21. The first-order valence-electron chi connectivity index (χ1n) is 5.44. The Morgan fingerprint density at radius 1 is 1.33 bits per heavy atom. The highest BCUT2D eigenvalue weighted by molar-refractivity contribution is 5.33. The van der Waals surface area contributed by atoms with Gasteiger partial charge in [0.15, 0.2) is 11.6 Å². The minimum Gasteiger partial charge on any atom is -0.505 e. The number of hydrogen-bond donors (Lipinski definition) is 2. The maximum atomic E-state index is 13.1. The van der Waals surface area contributed by atoms with Crippen molar-refractivity contribution < 1.29 is 9.50 Å². The van der Waals surface area contributed by atoms with Gasteiger partial charge in [0.25, 0.3) is 0 Å². The number of benzene rings is 1. The van der Waals surface area contributed by atoms with Gasteiger partial charge in [-0.2, -0.15) is 0 Å². The van der Waals surface area contributed by atoms with E-state index in [9.17, 15) is 9.50 Å². The number of aromatic hydroxyl groups is 1. The number of halogens is 1. The van der Waals surface area contributed by atoms with Gasteiger partial charge in [-0.1, -0.05) is 12.1 Å². The van der Waals surface area contributed by atoms with Gasteiger partial charge in [0.05, 0.1) is 0 Å². The zero-order chi connectivity index (χ0) is 10.7. The second-order valence-electron chi connectivity index (χ2n) is 4.15. The zero-order valence-electron chi connectivity index (χ0n) is 8.67. The molecule has 0 saturated carbocycles. The smallest absolute Gasteiger partial charge is 0.165 e. The van der Waals surface area contributed by atoms with Gasteiger partial charge in [-0.25, -0.2) is 4.39 Å². The summed E-state index contributed by atoms with van der Waals surface area (Å²) >= 11 is 0. The van der Waals surface area contributed by atoms with E-state index in [0.29, 0.717) is 5.92 Å². The van der Waals surface area contributed by atoms with E-state index in [4.69, 9.17) is 0 Å². The average molecular weight is 209 g/mol. The number of hydrogen-bond acceptors (Lipinski definition) is 2. The molecule has 0 spiro atoms. The molecule has 2 rings (SSSR count). The monoisotopic (exact) mass is 209 g/mol. The van der Waals surface area contributed by atoms with E-state index in [1.165, 1.54) is 6.07 Å². The number of phenols is 1. The topological polar surface area (TPSA) is 32.3 Å². The van der Waals surface area contributed by atoms with Gasteiger partial charge < -0.3 is 10.4 Å². The third kappa shape index (κ3) is 2.48. The first kappa shape index (κ1) is 10.4. The van der Waals surface area contributed by atoms with E-state index in [1.54, 1.807) is 12.1 Å². The van der Waals surface area contributed by atoms with Crippen LogP contribution in [0.5, 0.6) is 5.75 Å². The van der Waals surface area contributed by atoms with E-state index >= 15 is 0 Å². The maximum Gasteiger partial charge on any atom is 0.165 e. The average Bonchev–Trinajstić information content (AvgIpc) is 2.26. The summed E-state index contributed by atoms with van der Waals surface area (Å²) in [5.41, 5.74) is 0.738. The lowest BCUT2D eigenvalue weighted by Gasteiger charge is -2.22. The lowest BCUT2D eigenvalue weighted by Crippen LogP contribution is -2.28. The van der Waals surface area contributed by atoms with Crippen LogP contribution in [0.1, 0.15) is 18.4 Å². The van der Waals surface area contributed by atoms with Crippen molar-refractivity contribution in [2.24, 2.45) is 5.92 Å². The van der Waals surface area contributed by atoms with Crippen molar-refractivity contribution in [3.63, 3.8) is 0 Å². The van der Waals surface area contributed by atoms with Gasteiger partial charge in [0.1, 0.15) is 0 Å². The van der Waals surface area contributed by atoms with Crippen molar-refractivity contribution in [3.05, 3.63) is 29.6 Å². The quantitative estimate of drug-likeness (QED) is 0.781. The first-order chi connectivity index (χ1) is 7.27. The highest BCUT2D eigenvalue weighted by Crippen LogP contribution is 2.26. The lowest BCUT2D eigenvalue weighted by molar-refractivity contribution is 0.362. The largest absolute Gasteiger partial charge is 0.505 e. The number of para-hydroxylation sites is 1. The van der Waals surface area contributed by atoms with Crippen LogP contribution in [-0.4, -0.2) is 18.2 Å². The highest BCUT2D eigenvalue weighted by atomic mass is 19.1. The molecule has 0 aliphatic carbocycles. The van der Waals surface area contributed by atoms with Crippen molar-refractivity contribution in [2.45, 2.75) is 19.3 Å². The summed E-state index contributed by atoms with van der Waals surface area (Å²) in [5.74, 6) is -0.114. The van der Waals surface area contributed by atoms with Crippen LogP contribution in [0.2, 0.25) is 0 Å². The van der Waals surface area contributed by atoms with Gasteiger partial charge in [-0.05, 0) is 49.9 Å². The molecule has 2 N–H and O–H groups in total. The predicted octanol–water partition coefficient (Wildman–Crippen LogP) is 2.07. The van der Waals surface area contributed by atoms with Gasteiger partial charge in [0, 0.05) is 0 Å². The van der Waals surface area contributed by atoms with E-state index in [2.05, 4.69) is 5.32 Å². The Balaban J connectivity index is 2.06. The molecule has 2 nitrogen and oxygen atoms in total. The summed E-state index contributed by atoms with van der Waals surface area (Å²) in [6.45, 7) is 2.06. The molecule has 15 heavy (non-hydrogen) atoms. The number of rotatable bonds is 2. The van der Waals surface area contributed by atoms with E-state index in [0.717, 1.165) is 37.9 Å². The molecule has 0 aromatic heterocycles. The summed E-state index contributed by atoms with van der Waals surface area (Å²) in [6.07, 6.45) is 3.00. The van der Waals surface area contributed by atoms with Crippen molar-refractivity contribution in [3.8, 4) is 5.75 Å². The molecule has 82 valence electrons. The number of piperidine rings is 1. The van der Waals surface area contributed by atoms with E-state index in [-0.39, 0.29) is 5.75 Å². The molecule has 0 atom stereocenters. The number of nitrogens with one attached hydrogen (secondary N) is 1. The summed E-state index contributed by atoms with van der Waals surface area (Å²) in [7, 11) is 0. The normalized spacial score (nSPS) is 17.9. The summed E-state index contributed by atoms with van der Waals surface area (Å²) in [4.78, 5) is 0. The molecule has 0 radical (unpaired) electrons. The number of phenolic OH excluding ortho intramolecular Hbond substituents is 1. The van der Waals surface area contributed by atoms with Crippen LogP contribution >= 0.6 is 0 Å². The molecule has 0 unspecified atom stereocenters. The predicted molar refractivity (Wildman–Crippen MR) is 57.4 cm³/mol. The third-order valence-electron chi connectivity index (χ3n) is 3.04. The van der Waals surface area contributed by atoms with E-state index < -0.39 is 5.82 Å². The zero-order valence-corrected chi connectivity index (χ0v) is 8.67. The Labute approximate surface area is 89.1 Å². The minimum absolute atomic E-state index is 0.170. The molecular weight excluding hydrogens is 193 g/mol. The van der Waals surface area contributed by atoms with Gasteiger partial charge in [-0.15, -0.1) is 0 Å². The summed E-state index contributed by atoms with van der Waals surface area (Å²) < 4.78 is 13.1. The van der Waals surface area contributed by atoms with Gasteiger partial charge in [-0.3, -0.25) is 0 Å². The van der Waals surface area contributed by atoms with Crippen LogP contribution in [0.4, 0.5) is 4.39 Å². The molecule has 1 saturated heterocycles. The molecular formula is C12H16FNO.